The average molecular weight is 330 g/mol. The van der Waals surface area contributed by atoms with E-state index in [1.54, 1.807) is 11.8 Å². The standard InChI is InChI=1S/C12H23N3OS.2ClH/c1-2-5-15-6-3-10(4-7-15)14-12(16)11-8-17-9-13-11;;/h10-11,13H,2-9H2,1H3,(H,14,16);2*1H. The average Bonchev–Trinajstić information content (AvgIpc) is 2.86. The topological polar surface area (TPSA) is 44.4 Å². The SMILES string of the molecule is CCCN1CCC(NC(=O)C2CSCN2)CC1.Cl.Cl. The van der Waals surface area contributed by atoms with E-state index in [9.17, 15) is 4.79 Å². The molecule has 2 saturated heterocycles. The van der Waals surface area contributed by atoms with E-state index in [-0.39, 0.29) is 36.8 Å². The number of carbonyl (C=O) groups is 1. The highest BCUT2D eigenvalue weighted by molar-refractivity contribution is 7.99. The molecule has 2 heterocycles. The summed E-state index contributed by atoms with van der Waals surface area (Å²) in [7, 11) is 0. The van der Waals surface area contributed by atoms with E-state index < -0.39 is 0 Å². The molecular weight excluding hydrogens is 305 g/mol. The van der Waals surface area contributed by atoms with E-state index in [1.165, 1.54) is 13.0 Å². The minimum absolute atomic E-state index is 0. The fraction of sp³-hybridized carbons (Fsp3) is 0.917. The number of carbonyl (C=O) groups excluding carboxylic acids is 1. The van der Waals surface area contributed by atoms with Gasteiger partial charge in [0.05, 0.1) is 6.04 Å². The zero-order valence-corrected chi connectivity index (χ0v) is 13.8. The van der Waals surface area contributed by atoms with Crippen molar-refractivity contribution in [3.8, 4) is 0 Å². The van der Waals surface area contributed by atoms with Crippen molar-refractivity contribution in [2.24, 2.45) is 0 Å². The van der Waals surface area contributed by atoms with Crippen LogP contribution in [0.15, 0.2) is 0 Å². The van der Waals surface area contributed by atoms with Crippen LogP contribution < -0.4 is 10.6 Å². The summed E-state index contributed by atoms with van der Waals surface area (Å²) in [6.07, 6.45) is 3.43. The maximum absolute atomic E-state index is 11.9. The van der Waals surface area contributed by atoms with Gasteiger partial charge in [0.1, 0.15) is 0 Å². The first-order chi connectivity index (χ1) is 8.29. The summed E-state index contributed by atoms with van der Waals surface area (Å²) in [6.45, 7) is 5.68. The van der Waals surface area contributed by atoms with Crippen LogP contribution in [-0.4, -0.2) is 54.2 Å². The van der Waals surface area contributed by atoms with Gasteiger partial charge in [-0.3, -0.25) is 10.1 Å². The Morgan fingerprint density at radius 2 is 2.05 bits per heavy atom. The van der Waals surface area contributed by atoms with Gasteiger partial charge in [0.2, 0.25) is 5.91 Å². The molecule has 0 aromatic heterocycles. The Balaban J connectivity index is 0.00000162. The maximum Gasteiger partial charge on any atom is 0.238 e. The molecule has 2 aliphatic rings. The Kier molecular flexibility index (Phi) is 10.3. The van der Waals surface area contributed by atoms with Gasteiger partial charge in [-0.25, -0.2) is 0 Å². The molecule has 0 saturated carbocycles. The fourth-order valence-corrected chi connectivity index (χ4v) is 3.42. The molecule has 19 heavy (non-hydrogen) atoms. The van der Waals surface area contributed by atoms with E-state index in [0.29, 0.717) is 6.04 Å². The lowest BCUT2D eigenvalue weighted by molar-refractivity contribution is -0.123. The summed E-state index contributed by atoms with van der Waals surface area (Å²) in [5, 5.41) is 6.40. The van der Waals surface area contributed by atoms with Crippen LogP contribution in [0.25, 0.3) is 0 Å². The number of hydrogen-bond acceptors (Lipinski definition) is 4. The van der Waals surface area contributed by atoms with Crippen molar-refractivity contribution >= 4 is 42.5 Å². The first kappa shape index (κ1) is 19.3. The molecular formula is C12H25Cl2N3OS. The number of rotatable bonds is 4. The predicted molar refractivity (Wildman–Crippen MR) is 86.6 cm³/mol. The van der Waals surface area contributed by atoms with Crippen LogP contribution in [0.1, 0.15) is 26.2 Å². The van der Waals surface area contributed by atoms with Gasteiger partial charge in [-0.1, -0.05) is 6.92 Å². The van der Waals surface area contributed by atoms with Crippen LogP contribution in [0.3, 0.4) is 0 Å². The summed E-state index contributed by atoms with van der Waals surface area (Å²) in [4.78, 5) is 14.4. The van der Waals surface area contributed by atoms with Crippen LogP contribution in [-0.2, 0) is 4.79 Å². The van der Waals surface area contributed by atoms with Crippen molar-refractivity contribution in [1.82, 2.24) is 15.5 Å². The highest BCUT2D eigenvalue weighted by Crippen LogP contribution is 2.13. The van der Waals surface area contributed by atoms with Gasteiger partial charge in [0, 0.05) is 30.8 Å². The molecule has 0 aromatic rings. The molecule has 1 unspecified atom stereocenters. The third-order valence-corrected chi connectivity index (χ3v) is 4.45. The highest BCUT2D eigenvalue weighted by atomic mass is 35.5. The Morgan fingerprint density at radius 1 is 1.37 bits per heavy atom. The zero-order valence-electron chi connectivity index (χ0n) is 11.4. The minimum atomic E-state index is 0. The van der Waals surface area contributed by atoms with Crippen LogP contribution in [0.5, 0.6) is 0 Å². The molecule has 1 amide bonds. The molecule has 4 nitrogen and oxygen atoms in total. The lowest BCUT2D eigenvalue weighted by atomic mass is 10.0. The number of likely N-dealkylation sites (tertiary alicyclic amines) is 1. The summed E-state index contributed by atoms with van der Waals surface area (Å²) in [5.74, 6) is 2.03. The predicted octanol–water partition coefficient (Wildman–Crippen LogP) is 1.48. The lowest BCUT2D eigenvalue weighted by Gasteiger charge is -2.32. The molecule has 0 aliphatic carbocycles. The molecule has 2 rings (SSSR count). The van der Waals surface area contributed by atoms with Gasteiger partial charge in [-0.05, 0) is 25.8 Å². The molecule has 2 fully saturated rings. The molecule has 0 bridgehead atoms. The van der Waals surface area contributed by atoms with E-state index >= 15 is 0 Å². The second-order valence-electron chi connectivity index (χ2n) is 4.90. The normalized spacial score (nSPS) is 24.4. The summed E-state index contributed by atoms with van der Waals surface area (Å²) in [6, 6.07) is 0.427. The van der Waals surface area contributed by atoms with Crippen molar-refractivity contribution in [2.45, 2.75) is 38.3 Å². The van der Waals surface area contributed by atoms with Crippen LogP contribution in [0.4, 0.5) is 0 Å². The summed E-state index contributed by atoms with van der Waals surface area (Å²) < 4.78 is 0. The van der Waals surface area contributed by atoms with Crippen molar-refractivity contribution < 1.29 is 4.79 Å². The van der Waals surface area contributed by atoms with Gasteiger partial charge in [0.15, 0.2) is 0 Å². The Bertz CT molecular complexity index is 257. The molecule has 114 valence electrons. The van der Waals surface area contributed by atoms with E-state index in [2.05, 4.69) is 22.5 Å². The number of thioether (sulfide) groups is 1. The fourth-order valence-electron chi connectivity index (χ4n) is 2.48. The smallest absolute Gasteiger partial charge is 0.238 e. The maximum atomic E-state index is 11.9. The molecule has 0 radical (unpaired) electrons. The summed E-state index contributed by atoms with van der Waals surface area (Å²) >= 11 is 1.80. The minimum Gasteiger partial charge on any atom is -0.352 e. The number of hydrogen-bond donors (Lipinski definition) is 2. The van der Waals surface area contributed by atoms with Crippen LogP contribution in [0, 0.1) is 0 Å². The Labute approximate surface area is 132 Å². The van der Waals surface area contributed by atoms with Crippen molar-refractivity contribution in [3.63, 3.8) is 0 Å². The number of halogens is 2. The monoisotopic (exact) mass is 329 g/mol. The Morgan fingerprint density at radius 3 is 2.58 bits per heavy atom. The van der Waals surface area contributed by atoms with Gasteiger partial charge in [-0.15, -0.1) is 36.6 Å². The number of nitrogens with one attached hydrogen (secondary N) is 2. The third-order valence-electron chi connectivity index (χ3n) is 3.51. The van der Waals surface area contributed by atoms with Crippen LogP contribution >= 0.6 is 36.6 Å². The largest absolute Gasteiger partial charge is 0.352 e. The van der Waals surface area contributed by atoms with Gasteiger partial charge in [0.25, 0.3) is 0 Å². The first-order valence-electron chi connectivity index (χ1n) is 6.63. The molecule has 0 aromatic carbocycles. The number of piperidine rings is 1. The number of nitrogens with zero attached hydrogens (tertiary/aromatic N) is 1. The zero-order chi connectivity index (χ0) is 12.1. The van der Waals surface area contributed by atoms with Gasteiger partial charge < -0.3 is 10.2 Å². The lowest BCUT2D eigenvalue weighted by Crippen LogP contribution is -2.50. The van der Waals surface area contributed by atoms with Crippen LogP contribution in [0.2, 0.25) is 0 Å². The second kappa shape index (κ2) is 10.1. The van der Waals surface area contributed by atoms with Gasteiger partial charge in [-0.2, -0.15) is 0 Å². The van der Waals surface area contributed by atoms with Crippen molar-refractivity contribution in [1.29, 1.82) is 0 Å². The molecule has 7 heteroatoms. The third kappa shape index (κ3) is 6.08. The quantitative estimate of drug-likeness (QED) is 0.820. The van der Waals surface area contributed by atoms with E-state index in [0.717, 1.165) is 37.6 Å². The first-order valence-corrected chi connectivity index (χ1v) is 7.79. The van der Waals surface area contributed by atoms with Crippen molar-refractivity contribution in [2.75, 3.05) is 31.3 Å². The molecule has 2 aliphatic heterocycles. The summed E-state index contributed by atoms with van der Waals surface area (Å²) in [5.41, 5.74) is 0. The Hall–Kier alpha value is 0.320. The molecule has 1 atom stereocenters. The van der Waals surface area contributed by atoms with E-state index in [4.69, 9.17) is 0 Å². The molecule has 2 N–H and O–H groups in total. The highest BCUT2D eigenvalue weighted by Gasteiger charge is 2.26. The van der Waals surface area contributed by atoms with Gasteiger partial charge >= 0.3 is 0 Å². The second-order valence-corrected chi connectivity index (χ2v) is 5.93. The van der Waals surface area contributed by atoms with E-state index in [1.807, 2.05) is 0 Å². The van der Waals surface area contributed by atoms with Crippen molar-refractivity contribution in [3.05, 3.63) is 0 Å². The molecule has 0 spiro atoms. The number of amides is 1.